The number of ether oxygens (including phenoxy) is 1. The highest BCUT2D eigenvalue weighted by Crippen LogP contribution is 2.26. The van der Waals surface area contributed by atoms with Gasteiger partial charge in [0.2, 0.25) is 10.0 Å². The van der Waals surface area contributed by atoms with Gasteiger partial charge in [-0.2, -0.15) is 4.72 Å². The summed E-state index contributed by atoms with van der Waals surface area (Å²) < 4.78 is 30.9. The highest BCUT2D eigenvalue weighted by molar-refractivity contribution is 7.89. The smallest absolute Gasteiger partial charge is 0.323 e. The summed E-state index contributed by atoms with van der Waals surface area (Å²) in [6, 6.07) is 1.71. The molecule has 6 nitrogen and oxygen atoms in total. The molecule has 0 aliphatic rings. The Morgan fingerprint density at radius 3 is 2.58 bits per heavy atom. The van der Waals surface area contributed by atoms with Crippen LogP contribution in [0.15, 0.2) is 17.0 Å². The molecule has 1 rings (SSSR count). The lowest BCUT2D eigenvalue weighted by Gasteiger charge is -2.14. The maximum Gasteiger partial charge on any atom is 0.323 e. The van der Waals surface area contributed by atoms with Crippen molar-refractivity contribution in [3.05, 3.63) is 22.7 Å². The van der Waals surface area contributed by atoms with Crippen LogP contribution in [0.3, 0.4) is 0 Å². The zero-order valence-electron chi connectivity index (χ0n) is 10.7. The zero-order valence-corrected chi connectivity index (χ0v) is 12.3. The van der Waals surface area contributed by atoms with Crippen LogP contribution >= 0.6 is 11.6 Å². The molecule has 1 aromatic carbocycles. The third-order valence-electron chi connectivity index (χ3n) is 2.47. The number of carbonyl (C=O) groups is 1. The van der Waals surface area contributed by atoms with Crippen molar-refractivity contribution in [3.8, 4) is 0 Å². The number of benzene rings is 1. The van der Waals surface area contributed by atoms with E-state index < -0.39 is 22.0 Å². The van der Waals surface area contributed by atoms with Crippen LogP contribution in [0.2, 0.25) is 5.02 Å². The van der Waals surface area contributed by atoms with Crippen LogP contribution in [0.5, 0.6) is 0 Å². The standard InChI is InChI=1S/C11H15ClN2O4S/c1-6-4-8(12)9(13)5-10(6)19(16,17)14-7(2)11(15)18-3/h4-5,7,14H,13H2,1-3H3. The number of halogens is 1. The molecule has 0 heterocycles. The molecule has 0 aromatic heterocycles. The molecule has 0 aliphatic heterocycles. The van der Waals surface area contributed by atoms with Gasteiger partial charge in [0.15, 0.2) is 0 Å². The van der Waals surface area contributed by atoms with Gasteiger partial charge in [0.1, 0.15) is 6.04 Å². The lowest BCUT2D eigenvalue weighted by Crippen LogP contribution is -2.39. The number of nitrogens with two attached hydrogens (primary N) is 1. The van der Waals surface area contributed by atoms with Gasteiger partial charge in [0.25, 0.3) is 0 Å². The van der Waals surface area contributed by atoms with Crippen molar-refractivity contribution in [3.63, 3.8) is 0 Å². The Morgan fingerprint density at radius 2 is 2.05 bits per heavy atom. The van der Waals surface area contributed by atoms with Crippen LogP contribution in [0.25, 0.3) is 0 Å². The Kier molecular flexibility index (Phi) is 4.78. The van der Waals surface area contributed by atoms with Crippen molar-refractivity contribution < 1.29 is 17.9 Å². The normalized spacial score (nSPS) is 13.1. The molecular formula is C11H15ClN2O4S. The van der Waals surface area contributed by atoms with Gasteiger partial charge in [-0.05, 0) is 31.5 Å². The summed E-state index contributed by atoms with van der Waals surface area (Å²) in [6.45, 7) is 2.97. The average Bonchev–Trinajstić information content (AvgIpc) is 2.31. The minimum atomic E-state index is -3.87. The number of hydrogen-bond donors (Lipinski definition) is 2. The predicted molar refractivity (Wildman–Crippen MR) is 72.4 cm³/mol. The van der Waals surface area contributed by atoms with Crippen LogP contribution in [-0.4, -0.2) is 27.5 Å². The average molecular weight is 307 g/mol. The highest BCUT2D eigenvalue weighted by Gasteiger charge is 2.24. The van der Waals surface area contributed by atoms with E-state index in [-0.39, 0.29) is 15.6 Å². The number of sulfonamides is 1. The third-order valence-corrected chi connectivity index (χ3v) is 4.48. The highest BCUT2D eigenvalue weighted by atomic mass is 35.5. The molecule has 0 bridgehead atoms. The van der Waals surface area contributed by atoms with Gasteiger partial charge in [-0.1, -0.05) is 11.6 Å². The number of methoxy groups -OCH3 is 1. The van der Waals surface area contributed by atoms with Gasteiger partial charge in [-0.25, -0.2) is 8.42 Å². The number of anilines is 1. The van der Waals surface area contributed by atoms with E-state index in [9.17, 15) is 13.2 Å². The van der Waals surface area contributed by atoms with Gasteiger partial charge in [0, 0.05) is 0 Å². The van der Waals surface area contributed by atoms with E-state index in [1.54, 1.807) is 6.92 Å². The topological polar surface area (TPSA) is 98.5 Å². The molecule has 0 saturated carbocycles. The first kappa shape index (κ1) is 15.7. The lowest BCUT2D eigenvalue weighted by atomic mass is 10.2. The predicted octanol–water partition coefficient (Wildman–Crippen LogP) is 1.07. The summed E-state index contributed by atoms with van der Waals surface area (Å²) in [5.74, 6) is -0.678. The van der Waals surface area contributed by atoms with Gasteiger partial charge >= 0.3 is 5.97 Å². The van der Waals surface area contributed by atoms with E-state index >= 15 is 0 Å². The van der Waals surface area contributed by atoms with E-state index in [1.807, 2.05) is 0 Å². The Labute approximate surface area is 116 Å². The van der Waals surface area contributed by atoms with Crippen molar-refractivity contribution >= 4 is 33.3 Å². The minimum Gasteiger partial charge on any atom is -0.468 e. The second kappa shape index (κ2) is 5.77. The molecule has 1 unspecified atom stereocenters. The molecule has 1 aromatic rings. The van der Waals surface area contributed by atoms with E-state index in [0.29, 0.717) is 5.56 Å². The Hall–Kier alpha value is -1.31. The van der Waals surface area contributed by atoms with Crippen LogP contribution in [-0.2, 0) is 19.6 Å². The van der Waals surface area contributed by atoms with E-state index in [2.05, 4.69) is 9.46 Å². The minimum absolute atomic E-state index is 0.0230. The summed E-state index contributed by atoms with van der Waals surface area (Å²) >= 11 is 5.80. The Balaban J connectivity index is 3.14. The number of hydrogen-bond acceptors (Lipinski definition) is 5. The first-order valence-electron chi connectivity index (χ1n) is 5.35. The largest absolute Gasteiger partial charge is 0.468 e. The molecular weight excluding hydrogens is 292 g/mol. The summed E-state index contributed by atoms with van der Waals surface area (Å²) in [7, 11) is -2.69. The van der Waals surface area contributed by atoms with E-state index in [0.717, 1.165) is 0 Å². The Morgan fingerprint density at radius 1 is 1.47 bits per heavy atom. The molecule has 19 heavy (non-hydrogen) atoms. The molecule has 0 amide bonds. The molecule has 0 fully saturated rings. The summed E-state index contributed by atoms with van der Waals surface area (Å²) in [5, 5.41) is 0.275. The van der Waals surface area contributed by atoms with Crippen molar-refractivity contribution in [1.82, 2.24) is 4.72 Å². The van der Waals surface area contributed by atoms with Gasteiger partial charge < -0.3 is 10.5 Å². The van der Waals surface area contributed by atoms with Crippen LogP contribution in [0.4, 0.5) is 5.69 Å². The van der Waals surface area contributed by atoms with E-state index in [1.165, 1.54) is 26.2 Å². The third kappa shape index (κ3) is 3.59. The second-order valence-electron chi connectivity index (χ2n) is 4.01. The number of aryl methyl sites for hydroxylation is 1. The molecule has 0 spiro atoms. The van der Waals surface area contributed by atoms with Crippen molar-refractivity contribution in [1.29, 1.82) is 0 Å². The van der Waals surface area contributed by atoms with E-state index in [4.69, 9.17) is 17.3 Å². The number of rotatable bonds is 4. The fourth-order valence-electron chi connectivity index (χ4n) is 1.48. The zero-order chi connectivity index (χ0) is 14.8. The van der Waals surface area contributed by atoms with Gasteiger partial charge in [-0.3, -0.25) is 4.79 Å². The molecule has 1 atom stereocenters. The van der Waals surface area contributed by atoms with Gasteiger partial charge in [0.05, 0.1) is 22.7 Å². The summed E-state index contributed by atoms with van der Waals surface area (Å²) in [4.78, 5) is 11.2. The number of nitrogens with one attached hydrogen (secondary N) is 1. The van der Waals surface area contributed by atoms with Crippen molar-refractivity contribution in [2.75, 3.05) is 12.8 Å². The molecule has 0 saturated heterocycles. The maximum absolute atomic E-state index is 12.1. The van der Waals surface area contributed by atoms with Crippen LogP contribution in [0, 0.1) is 6.92 Å². The number of esters is 1. The van der Waals surface area contributed by atoms with Crippen molar-refractivity contribution in [2.24, 2.45) is 0 Å². The van der Waals surface area contributed by atoms with Crippen LogP contribution < -0.4 is 10.5 Å². The second-order valence-corrected chi connectivity index (χ2v) is 6.09. The van der Waals surface area contributed by atoms with Crippen molar-refractivity contribution in [2.45, 2.75) is 24.8 Å². The Bertz CT molecular complexity index is 601. The van der Waals surface area contributed by atoms with Gasteiger partial charge in [-0.15, -0.1) is 0 Å². The summed E-state index contributed by atoms with van der Waals surface area (Å²) in [6.07, 6.45) is 0. The molecule has 106 valence electrons. The maximum atomic E-state index is 12.1. The first-order chi connectivity index (χ1) is 8.69. The SMILES string of the molecule is COC(=O)C(C)NS(=O)(=O)c1cc(N)c(Cl)cc1C. The lowest BCUT2D eigenvalue weighted by molar-refractivity contribution is -0.142. The molecule has 0 aliphatic carbocycles. The number of nitrogen functional groups attached to an aromatic ring is 1. The molecule has 3 N–H and O–H groups in total. The molecule has 8 heteroatoms. The quantitative estimate of drug-likeness (QED) is 0.640. The summed E-state index contributed by atoms with van der Waals surface area (Å²) in [5.41, 5.74) is 6.17. The fourth-order valence-corrected chi connectivity index (χ4v) is 3.15. The van der Waals surface area contributed by atoms with Crippen LogP contribution in [0.1, 0.15) is 12.5 Å². The monoisotopic (exact) mass is 306 g/mol. The number of carbonyl (C=O) groups excluding carboxylic acids is 1. The first-order valence-corrected chi connectivity index (χ1v) is 7.21. The fraction of sp³-hybridized carbons (Fsp3) is 0.364. The molecule has 0 radical (unpaired) electrons.